The second-order valence-corrected chi connectivity index (χ2v) is 30.2. The Kier molecular flexibility index (Phi) is 59.0. The molecule has 101 heavy (non-hydrogen) atoms. The monoisotopic (exact) mass is 1430 g/mol. The van der Waals surface area contributed by atoms with Crippen molar-refractivity contribution < 1.29 is 17.9 Å². The molecular formula is C83H164F3N13O2. The number of halogens is 3. The van der Waals surface area contributed by atoms with Crippen LogP contribution in [0, 0.1) is 11.8 Å². The van der Waals surface area contributed by atoms with Gasteiger partial charge in [0.2, 0.25) is 5.56 Å². The van der Waals surface area contributed by atoms with Crippen molar-refractivity contribution in [2.24, 2.45) is 18.9 Å². The van der Waals surface area contributed by atoms with Gasteiger partial charge in [0.15, 0.2) is 0 Å². The van der Waals surface area contributed by atoms with Crippen LogP contribution in [-0.2, 0) is 31.3 Å². The molecule has 9 fully saturated rings. The Labute approximate surface area is 623 Å². The van der Waals surface area contributed by atoms with E-state index in [-0.39, 0.29) is 55.7 Å². The van der Waals surface area contributed by atoms with Crippen LogP contribution in [0.1, 0.15) is 171 Å². The van der Waals surface area contributed by atoms with E-state index < -0.39 is 12.1 Å². The number of piperidine rings is 5. The van der Waals surface area contributed by atoms with Crippen molar-refractivity contribution in [3.8, 4) is 0 Å². The van der Waals surface area contributed by atoms with Gasteiger partial charge in [0.1, 0.15) is 6.17 Å². The summed E-state index contributed by atoms with van der Waals surface area (Å²) < 4.78 is 44.2. The number of para-hydroxylation sites is 1. The lowest BCUT2D eigenvalue weighted by Gasteiger charge is -2.32. The Bertz CT molecular complexity index is 2270. The average molecular weight is 1430 g/mol. The molecule has 0 radical (unpaired) electrons. The van der Waals surface area contributed by atoms with E-state index in [9.17, 15) is 18.0 Å². The molecule has 0 amide bonds. The van der Waals surface area contributed by atoms with Crippen LogP contribution in [0.4, 0.5) is 18.9 Å². The summed E-state index contributed by atoms with van der Waals surface area (Å²) in [6.07, 6.45) is 19.6. The van der Waals surface area contributed by atoms with Gasteiger partial charge in [-0.05, 0) is 268 Å². The summed E-state index contributed by atoms with van der Waals surface area (Å²) in [5, 5.41) is 0. The number of morpholine rings is 1. The number of aryl methyl sites for hydroxylation is 1. The predicted octanol–water partition coefficient (Wildman–Crippen LogP) is 14.7. The molecule has 12 heterocycles. The second-order valence-electron chi connectivity index (χ2n) is 30.2. The number of nitrogens with zero attached hydrogens (tertiary/aromatic N) is 13. The number of fused-ring (bicyclic) bond motifs is 2. The van der Waals surface area contributed by atoms with Gasteiger partial charge < -0.3 is 63.2 Å². The normalized spacial score (nSPS) is 23.9. The number of benzene rings is 2. The van der Waals surface area contributed by atoms with Crippen LogP contribution in [0.15, 0.2) is 77.7 Å². The lowest BCUT2D eigenvalue weighted by atomic mass is 9.92. The number of hydrogen-bond donors (Lipinski definition) is 0. The number of likely N-dealkylation sites (N-methyl/N-ethyl adjacent to an activating group) is 4. The van der Waals surface area contributed by atoms with Crippen LogP contribution < -0.4 is 10.5 Å². The van der Waals surface area contributed by atoms with Gasteiger partial charge in [-0.15, -0.1) is 0 Å². The second kappa shape index (κ2) is 58.6. The minimum absolute atomic E-state index is 0. The first kappa shape index (κ1) is 102. The first-order valence-electron chi connectivity index (χ1n) is 37.4. The average Bonchev–Trinajstić information content (AvgIpc) is 1.71. The zero-order valence-electron chi connectivity index (χ0n) is 64.4. The number of rotatable bonds is 0. The van der Waals surface area contributed by atoms with Gasteiger partial charge in [-0.1, -0.05) is 112 Å². The van der Waals surface area contributed by atoms with Crippen molar-refractivity contribution in [3.05, 3.63) is 100.0 Å². The van der Waals surface area contributed by atoms with E-state index in [1.807, 2.05) is 13.1 Å². The molecule has 15 nitrogen and oxygen atoms in total. The molecule has 14 rings (SSSR count). The third kappa shape index (κ3) is 49.8. The van der Waals surface area contributed by atoms with Gasteiger partial charge in [-0.25, -0.2) is 13.2 Å². The zero-order valence-corrected chi connectivity index (χ0v) is 64.4. The minimum Gasteiger partial charge on any atom is -0.374 e. The van der Waals surface area contributed by atoms with Crippen LogP contribution in [0.5, 0.6) is 0 Å². The molecule has 594 valence electrons. The SMILES string of the molecule is C.C.C.C.C.CC1CC(C)CN(C)C1.CC1CN(C)CC(C)O1.CN1CCC(F)CC1.CN1CCC1.CN1CCCC(F)(F)C1.CN1CCCC1.CN1CCCCC1.CN1CCCCC1.CN1CCN(C)CC1.CN1CCc2ccccc21.CN1Cc2ccccc2C1.Cn1ccccc1=O. The van der Waals surface area contributed by atoms with Crippen molar-refractivity contribution in [1.82, 2.24) is 58.5 Å². The van der Waals surface area contributed by atoms with Gasteiger partial charge in [0.25, 0.3) is 5.92 Å². The number of pyridine rings is 1. The molecule has 0 aliphatic carbocycles. The van der Waals surface area contributed by atoms with E-state index in [2.05, 4.69) is 201 Å². The van der Waals surface area contributed by atoms with Gasteiger partial charge in [-0.3, -0.25) is 9.69 Å². The lowest BCUT2D eigenvalue weighted by Crippen LogP contribution is -2.42. The summed E-state index contributed by atoms with van der Waals surface area (Å²) in [4.78, 5) is 37.9. The van der Waals surface area contributed by atoms with E-state index >= 15 is 0 Å². The molecule has 0 bridgehead atoms. The van der Waals surface area contributed by atoms with Crippen molar-refractivity contribution in [3.63, 3.8) is 0 Å². The molecular weight excluding hydrogens is 1270 g/mol. The fourth-order valence-corrected chi connectivity index (χ4v) is 13.4. The Morgan fingerprint density at radius 2 is 0.752 bits per heavy atom. The maximum absolute atomic E-state index is 12.4. The molecule has 3 aromatic rings. The highest BCUT2D eigenvalue weighted by molar-refractivity contribution is 5.56. The predicted molar refractivity (Wildman–Crippen MR) is 438 cm³/mol. The Hall–Kier alpha value is -3.50. The smallest absolute Gasteiger partial charge is 0.260 e. The molecule has 18 heteroatoms. The number of likely N-dealkylation sites (tertiary alicyclic amines) is 7. The topological polar surface area (TPSA) is 70.1 Å². The third-order valence-corrected chi connectivity index (χ3v) is 19.3. The van der Waals surface area contributed by atoms with Gasteiger partial charge in [0.05, 0.1) is 18.8 Å². The lowest BCUT2D eigenvalue weighted by molar-refractivity contribution is -0.0602. The standard InChI is InChI=1S/2C9H11N.C8H17N.C7H15NO.C6H11F2N.C6H12FN.C6H14N2.C6H7NO.2C6H13N.C5H11N.C4H9N.5CH4/c1-10-6-8-4-2-3-5-9(8)7-10;1-10-7-6-8-4-2-3-5-9(8)10;1-7-4-8(2)6-9(3)5-7;1-6-4-8(3)5-7(2)9-6;1-9-4-2-3-6(7,8)5-9;1-8-4-2-6(7)3-5-8;1-7-3-5-8(2)6-4-7;1-7-5-3-2-4-6(7)8;2*1-7-5-3-2-4-6-7;1-6-4-2-3-5-6;1-5-3-2-4-5;;;;;/h2*2-5H,6-7H2,1H3;7-8H,4-6H2,1-3H3;6-7H,4-5H2,1-3H3;2-5H2,1H3;6H,2-5H2,1H3;3-6H2,1-2H3;2-5H,1H3;2*2-6H2,1H3;2-5H2,1H3;2-4H2,1H3;5*1H4. The van der Waals surface area contributed by atoms with Crippen LogP contribution in [0.2, 0.25) is 0 Å². The Morgan fingerprint density at radius 3 is 1.06 bits per heavy atom. The van der Waals surface area contributed by atoms with Crippen LogP contribution >= 0.6 is 0 Å². The minimum atomic E-state index is -2.42. The summed E-state index contributed by atoms with van der Waals surface area (Å²) in [5.41, 5.74) is 5.91. The molecule has 1 aromatic heterocycles. The third-order valence-electron chi connectivity index (χ3n) is 19.3. The fourth-order valence-electron chi connectivity index (χ4n) is 13.4. The quantitative estimate of drug-likeness (QED) is 0.215. The molecule has 0 spiro atoms. The molecule has 11 aliphatic rings. The molecule has 4 unspecified atom stereocenters. The molecule has 4 atom stereocenters. The van der Waals surface area contributed by atoms with Crippen molar-refractivity contribution in [2.45, 2.75) is 199 Å². The summed E-state index contributed by atoms with van der Waals surface area (Å²) in [6.45, 7) is 35.2. The van der Waals surface area contributed by atoms with Crippen molar-refractivity contribution >= 4 is 5.69 Å². The number of aromatic nitrogens is 1. The fraction of sp³-hybridized carbons (Fsp3) is 0.795. The summed E-state index contributed by atoms with van der Waals surface area (Å²) >= 11 is 0. The zero-order chi connectivity index (χ0) is 70.8. The number of hydrogen-bond acceptors (Lipinski definition) is 14. The van der Waals surface area contributed by atoms with Crippen LogP contribution in [-0.4, -0.2) is 305 Å². The molecule has 9 saturated heterocycles. The summed E-state index contributed by atoms with van der Waals surface area (Å²) in [6, 6.07) is 22.3. The van der Waals surface area contributed by atoms with Crippen molar-refractivity contribution in [1.29, 1.82) is 0 Å². The first-order chi connectivity index (χ1) is 45.7. The van der Waals surface area contributed by atoms with E-state index in [0.29, 0.717) is 18.6 Å². The van der Waals surface area contributed by atoms with E-state index in [4.69, 9.17) is 4.74 Å². The molecule has 11 aliphatic heterocycles. The number of ether oxygens (including phenoxy) is 1. The van der Waals surface area contributed by atoms with Gasteiger partial charge in [-0.2, -0.15) is 0 Å². The van der Waals surface area contributed by atoms with Crippen LogP contribution in [0.3, 0.4) is 0 Å². The van der Waals surface area contributed by atoms with Crippen molar-refractivity contribution in [2.75, 3.05) is 227 Å². The highest BCUT2D eigenvalue weighted by Crippen LogP contribution is 2.27. The first-order valence-corrected chi connectivity index (χ1v) is 37.4. The van der Waals surface area contributed by atoms with Gasteiger partial charge in [0, 0.05) is 124 Å². The Morgan fingerprint density at radius 1 is 0.386 bits per heavy atom. The highest BCUT2D eigenvalue weighted by atomic mass is 19.3. The maximum Gasteiger partial charge on any atom is 0.260 e. The number of alkyl halides is 3. The molecule has 0 N–H and O–H groups in total. The maximum atomic E-state index is 12.4. The number of anilines is 1. The van der Waals surface area contributed by atoms with Gasteiger partial charge >= 0.3 is 0 Å². The molecule has 2 aromatic carbocycles. The van der Waals surface area contributed by atoms with Crippen LogP contribution in [0.25, 0.3) is 0 Å². The van der Waals surface area contributed by atoms with E-state index in [0.717, 1.165) is 70.5 Å². The largest absolute Gasteiger partial charge is 0.374 e. The summed E-state index contributed by atoms with van der Waals surface area (Å²) in [5.74, 6) is -0.593. The number of piperazine rings is 1. The van der Waals surface area contributed by atoms with E-state index in [1.165, 1.54) is 202 Å². The summed E-state index contributed by atoms with van der Waals surface area (Å²) in [7, 11) is 27.2. The highest BCUT2D eigenvalue weighted by Gasteiger charge is 2.33. The Balaban J connectivity index is -0.00000104. The van der Waals surface area contributed by atoms with E-state index in [1.54, 1.807) is 31.3 Å². The molecule has 0 saturated carbocycles.